The summed E-state index contributed by atoms with van der Waals surface area (Å²) in [5, 5.41) is 10.9. The van der Waals surface area contributed by atoms with Crippen molar-refractivity contribution in [2.24, 2.45) is 0 Å². The molecule has 0 saturated carbocycles. The number of carbonyl (C=O) groups excluding carboxylic acids is 2. The summed E-state index contributed by atoms with van der Waals surface area (Å²) in [6, 6.07) is 9.49. The predicted octanol–water partition coefficient (Wildman–Crippen LogP) is 1.16. The van der Waals surface area contributed by atoms with Crippen molar-refractivity contribution < 1.29 is 28.7 Å². The van der Waals surface area contributed by atoms with Crippen LogP contribution in [0.15, 0.2) is 46.4 Å². The third-order valence-electron chi connectivity index (χ3n) is 4.77. The zero-order valence-electron chi connectivity index (χ0n) is 16.5. The highest BCUT2D eigenvalue weighted by Crippen LogP contribution is 2.40. The van der Waals surface area contributed by atoms with Gasteiger partial charge >= 0.3 is 0 Å². The van der Waals surface area contributed by atoms with Crippen LogP contribution in [0, 0.1) is 6.92 Å². The van der Waals surface area contributed by atoms with Gasteiger partial charge in [0.1, 0.15) is 29.1 Å². The van der Waals surface area contributed by atoms with Gasteiger partial charge in [-0.15, -0.1) is 0 Å². The van der Waals surface area contributed by atoms with E-state index >= 15 is 0 Å². The van der Waals surface area contributed by atoms with Gasteiger partial charge in [-0.2, -0.15) is 0 Å². The molecule has 1 aromatic heterocycles. The number of likely N-dealkylation sites (tertiary alicyclic amines) is 1. The number of hydrogen-bond acceptors (Lipinski definition) is 5. The van der Waals surface area contributed by atoms with Crippen LogP contribution in [0.4, 0.5) is 0 Å². The molecular weight excluding hydrogens is 360 g/mol. The first-order valence-electron chi connectivity index (χ1n) is 9.11. The topological polar surface area (TPSA) is 84.4 Å². The molecule has 1 atom stereocenters. The van der Waals surface area contributed by atoms with Gasteiger partial charge in [0.2, 0.25) is 0 Å². The van der Waals surface area contributed by atoms with Crippen LogP contribution in [-0.2, 0) is 9.59 Å². The fraction of sp³-hybridized carbons (Fsp3) is 0.333. The van der Waals surface area contributed by atoms with Gasteiger partial charge in [0.15, 0.2) is 0 Å². The quantitative estimate of drug-likeness (QED) is 0.443. The number of furan rings is 1. The molecule has 2 heterocycles. The zero-order valence-corrected chi connectivity index (χ0v) is 16.5. The number of amides is 1. The Labute approximate surface area is 163 Å². The molecule has 1 aliphatic rings. The molecule has 1 amide bonds. The number of hydrogen-bond donors (Lipinski definition) is 2. The normalized spacial score (nSPS) is 18.9. The SMILES string of the molecule is COc1cccc(C(O)=C2C(=O)C(=O)N(CC[NH+](C)C)[C@@H]2c2ccc(C)o2)c1. The molecule has 2 aromatic rings. The number of nitrogens with zero attached hydrogens (tertiary/aromatic N) is 1. The zero-order chi connectivity index (χ0) is 20.4. The predicted molar refractivity (Wildman–Crippen MR) is 103 cm³/mol. The summed E-state index contributed by atoms with van der Waals surface area (Å²) in [6.45, 7) is 2.82. The smallest absolute Gasteiger partial charge is 0.295 e. The summed E-state index contributed by atoms with van der Waals surface area (Å²) in [7, 11) is 5.46. The van der Waals surface area contributed by atoms with Crippen LogP contribution < -0.4 is 9.64 Å². The molecule has 1 aliphatic heterocycles. The summed E-state index contributed by atoms with van der Waals surface area (Å²) in [6.07, 6.45) is 0. The molecule has 0 radical (unpaired) electrons. The lowest BCUT2D eigenvalue weighted by atomic mass is 9.99. The number of aliphatic hydroxyl groups is 1. The van der Waals surface area contributed by atoms with Crippen molar-refractivity contribution in [3.8, 4) is 5.75 Å². The van der Waals surface area contributed by atoms with E-state index < -0.39 is 17.7 Å². The van der Waals surface area contributed by atoms with Gasteiger partial charge in [0.05, 0.1) is 39.9 Å². The Morgan fingerprint density at radius 2 is 2.00 bits per heavy atom. The number of ether oxygens (including phenoxy) is 1. The van der Waals surface area contributed by atoms with E-state index in [4.69, 9.17) is 9.15 Å². The number of methoxy groups -OCH3 is 1. The fourth-order valence-electron chi connectivity index (χ4n) is 3.28. The molecule has 0 aliphatic carbocycles. The number of aliphatic hydroxyl groups excluding tert-OH is 1. The Kier molecular flexibility index (Phi) is 5.56. The lowest BCUT2D eigenvalue weighted by Gasteiger charge is -2.23. The molecule has 2 N–H and O–H groups in total. The van der Waals surface area contributed by atoms with Crippen LogP contribution in [0.3, 0.4) is 0 Å². The Morgan fingerprint density at radius 3 is 2.61 bits per heavy atom. The number of ketones is 1. The summed E-state index contributed by atoms with van der Waals surface area (Å²) in [5.74, 6) is 0.0730. The highest BCUT2D eigenvalue weighted by atomic mass is 16.5. The number of Topliss-reactive ketones (excluding diaryl/α,β-unsaturated/α-hetero) is 1. The Hall–Kier alpha value is -3.06. The van der Waals surface area contributed by atoms with E-state index in [0.717, 1.165) is 4.90 Å². The summed E-state index contributed by atoms with van der Waals surface area (Å²) in [4.78, 5) is 28.2. The number of benzene rings is 1. The average molecular weight is 385 g/mol. The van der Waals surface area contributed by atoms with E-state index in [2.05, 4.69) is 0 Å². The number of carbonyl (C=O) groups is 2. The van der Waals surface area contributed by atoms with Crippen molar-refractivity contribution in [3.63, 3.8) is 0 Å². The fourth-order valence-corrected chi connectivity index (χ4v) is 3.28. The van der Waals surface area contributed by atoms with Gasteiger partial charge in [0.25, 0.3) is 11.7 Å². The molecule has 7 heteroatoms. The second kappa shape index (κ2) is 7.90. The van der Waals surface area contributed by atoms with Crippen molar-refractivity contribution in [1.29, 1.82) is 0 Å². The van der Waals surface area contributed by atoms with E-state index in [0.29, 0.717) is 35.9 Å². The van der Waals surface area contributed by atoms with Crippen molar-refractivity contribution in [1.82, 2.24) is 4.90 Å². The lowest BCUT2D eigenvalue weighted by molar-refractivity contribution is -0.857. The molecule has 1 aromatic carbocycles. The minimum Gasteiger partial charge on any atom is -0.507 e. The molecule has 148 valence electrons. The third kappa shape index (κ3) is 3.66. The number of rotatable bonds is 6. The largest absolute Gasteiger partial charge is 0.507 e. The number of likely N-dealkylation sites (N-methyl/N-ethyl adjacent to an activating group) is 1. The monoisotopic (exact) mass is 385 g/mol. The first kappa shape index (κ1) is 19.7. The van der Waals surface area contributed by atoms with Crippen molar-refractivity contribution >= 4 is 17.4 Å². The van der Waals surface area contributed by atoms with Crippen molar-refractivity contribution in [3.05, 3.63) is 59.1 Å². The van der Waals surface area contributed by atoms with Gasteiger partial charge in [-0.25, -0.2) is 0 Å². The highest BCUT2D eigenvalue weighted by Gasteiger charge is 2.47. The minimum atomic E-state index is -0.765. The van der Waals surface area contributed by atoms with Crippen molar-refractivity contribution in [2.75, 3.05) is 34.3 Å². The van der Waals surface area contributed by atoms with Gasteiger partial charge in [-0.05, 0) is 31.2 Å². The standard InChI is InChI=1S/C21H24N2O5/c1-13-8-9-16(28-13)18-17(19(24)14-6-5-7-15(12-14)27-4)20(25)21(26)23(18)11-10-22(2)3/h5-9,12,18,24H,10-11H2,1-4H3/p+1/t18-/m1/s1. The third-order valence-corrected chi connectivity index (χ3v) is 4.77. The molecule has 1 saturated heterocycles. The second-order valence-electron chi connectivity index (χ2n) is 7.13. The molecular formula is C21H25N2O5+. The molecule has 0 bridgehead atoms. The Bertz CT molecular complexity index is 928. The maximum atomic E-state index is 12.8. The van der Waals surface area contributed by atoms with E-state index in [9.17, 15) is 14.7 Å². The van der Waals surface area contributed by atoms with Crippen LogP contribution in [-0.4, -0.2) is 56.0 Å². The molecule has 0 unspecified atom stereocenters. The number of nitrogens with one attached hydrogen (secondary N) is 1. The van der Waals surface area contributed by atoms with E-state index in [1.54, 1.807) is 43.3 Å². The lowest BCUT2D eigenvalue weighted by Crippen LogP contribution is -3.06. The van der Waals surface area contributed by atoms with Gasteiger partial charge in [0, 0.05) is 5.56 Å². The second-order valence-corrected chi connectivity index (χ2v) is 7.13. The first-order valence-corrected chi connectivity index (χ1v) is 9.11. The summed E-state index contributed by atoms with van der Waals surface area (Å²) in [5.41, 5.74) is 0.435. The summed E-state index contributed by atoms with van der Waals surface area (Å²) < 4.78 is 10.9. The van der Waals surface area contributed by atoms with E-state index in [1.165, 1.54) is 12.0 Å². The van der Waals surface area contributed by atoms with Gasteiger partial charge in [-0.1, -0.05) is 12.1 Å². The van der Waals surface area contributed by atoms with Gasteiger partial charge < -0.3 is 24.1 Å². The maximum absolute atomic E-state index is 12.8. The van der Waals surface area contributed by atoms with Crippen LogP contribution in [0.25, 0.3) is 5.76 Å². The molecule has 0 spiro atoms. The maximum Gasteiger partial charge on any atom is 0.295 e. The molecule has 3 rings (SSSR count). The molecule has 1 fully saturated rings. The highest BCUT2D eigenvalue weighted by molar-refractivity contribution is 6.46. The number of quaternary nitrogens is 1. The van der Waals surface area contributed by atoms with E-state index in [-0.39, 0.29) is 11.3 Å². The van der Waals surface area contributed by atoms with Gasteiger partial charge in [-0.3, -0.25) is 9.59 Å². The Morgan fingerprint density at radius 1 is 1.25 bits per heavy atom. The summed E-state index contributed by atoms with van der Waals surface area (Å²) >= 11 is 0. The average Bonchev–Trinajstić information content (AvgIpc) is 3.21. The first-order chi connectivity index (χ1) is 13.3. The van der Waals surface area contributed by atoms with Crippen LogP contribution >= 0.6 is 0 Å². The van der Waals surface area contributed by atoms with E-state index in [1.807, 2.05) is 14.1 Å². The van der Waals surface area contributed by atoms with Crippen LogP contribution in [0.1, 0.15) is 23.1 Å². The van der Waals surface area contributed by atoms with Crippen molar-refractivity contribution in [2.45, 2.75) is 13.0 Å². The molecule has 28 heavy (non-hydrogen) atoms. The Balaban J connectivity index is 2.13. The van der Waals surface area contributed by atoms with Crippen LogP contribution in [0.5, 0.6) is 5.75 Å². The number of aryl methyl sites for hydroxylation is 1. The molecule has 7 nitrogen and oxygen atoms in total. The minimum absolute atomic E-state index is 0.0290. The van der Waals surface area contributed by atoms with Crippen LogP contribution in [0.2, 0.25) is 0 Å².